The van der Waals surface area contributed by atoms with Crippen molar-refractivity contribution < 1.29 is 26.7 Å². The third-order valence-electron chi connectivity index (χ3n) is 4.56. The number of hydrogen-bond donors (Lipinski definition) is 3. The van der Waals surface area contributed by atoms with Crippen LogP contribution >= 0.6 is 12.2 Å². The highest BCUT2D eigenvalue weighted by Crippen LogP contribution is 2.36. The van der Waals surface area contributed by atoms with E-state index in [4.69, 9.17) is 12.2 Å². The summed E-state index contributed by atoms with van der Waals surface area (Å²) in [7, 11) is 0. The van der Waals surface area contributed by atoms with E-state index < -0.39 is 23.5 Å². The fourth-order valence-electron chi connectivity index (χ4n) is 2.95. The van der Waals surface area contributed by atoms with Crippen LogP contribution < -0.4 is 16.0 Å². The van der Waals surface area contributed by atoms with E-state index in [-0.39, 0.29) is 27.9 Å². The first kappa shape index (κ1) is 24.1. The van der Waals surface area contributed by atoms with Crippen LogP contribution in [0, 0.1) is 11.6 Å². The largest absolute Gasteiger partial charge is 0.418 e. The van der Waals surface area contributed by atoms with Gasteiger partial charge in [0, 0.05) is 12.2 Å². The lowest BCUT2D eigenvalue weighted by Crippen LogP contribution is -2.31. The van der Waals surface area contributed by atoms with Gasteiger partial charge in [0.2, 0.25) is 0 Å². The van der Waals surface area contributed by atoms with E-state index in [2.05, 4.69) is 16.0 Å². The van der Waals surface area contributed by atoms with Gasteiger partial charge < -0.3 is 16.0 Å². The predicted molar refractivity (Wildman–Crippen MR) is 120 cm³/mol. The first-order valence-electron chi connectivity index (χ1n) is 9.70. The van der Waals surface area contributed by atoms with Crippen LogP contribution in [0.2, 0.25) is 0 Å². The van der Waals surface area contributed by atoms with Gasteiger partial charge in [-0.25, -0.2) is 8.78 Å². The SMILES string of the molecule is O=C(Nc1ccc(NC(=S)NCCc2ccc(F)cc2)c(C(F)(F)F)c1)c1ccccc1F. The molecule has 0 saturated heterocycles. The van der Waals surface area contributed by atoms with Crippen molar-refractivity contribution in [3.63, 3.8) is 0 Å². The van der Waals surface area contributed by atoms with Crippen LogP contribution in [0.15, 0.2) is 66.7 Å². The topological polar surface area (TPSA) is 53.2 Å². The van der Waals surface area contributed by atoms with Crippen molar-refractivity contribution in [1.29, 1.82) is 0 Å². The Labute approximate surface area is 191 Å². The number of benzene rings is 3. The lowest BCUT2D eigenvalue weighted by Gasteiger charge is -2.17. The van der Waals surface area contributed by atoms with Crippen LogP contribution in [0.4, 0.5) is 33.3 Å². The number of anilines is 2. The van der Waals surface area contributed by atoms with Crippen molar-refractivity contribution in [2.45, 2.75) is 12.6 Å². The van der Waals surface area contributed by atoms with Crippen LogP contribution in [0.25, 0.3) is 0 Å². The van der Waals surface area contributed by atoms with E-state index in [1.54, 1.807) is 12.1 Å². The second-order valence-electron chi connectivity index (χ2n) is 6.95. The van der Waals surface area contributed by atoms with Crippen LogP contribution in [-0.4, -0.2) is 17.6 Å². The Morgan fingerprint density at radius 2 is 1.61 bits per heavy atom. The number of amides is 1. The molecule has 10 heteroatoms. The van der Waals surface area contributed by atoms with Gasteiger partial charge in [-0.1, -0.05) is 24.3 Å². The third-order valence-corrected chi connectivity index (χ3v) is 4.81. The molecule has 0 aliphatic carbocycles. The average molecular weight is 479 g/mol. The highest BCUT2D eigenvalue weighted by atomic mass is 32.1. The van der Waals surface area contributed by atoms with E-state index in [0.717, 1.165) is 23.8 Å². The van der Waals surface area contributed by atoms with Crippen molar-refractivity contribution in [2.75, 3.05) is 17.2 Å². The van der Waals surface area contributed by atoms with Gasteiger partial charge in [-0.05, 0) is 66.7 Å². The molecule has 0 fully saturated rings. The van der Waals surface area contributed by atoms with Gasteiger partial charge in [0.1, 0.15) is 11.6 Å². The second kappa shape index (κ2) is 10.4. The third kappa shape index (κ3) is 6.72. The number of hydrogen-bond acceptors (Lipinski definition) is 2. The van der Waals surface area contributed by atoms with Crippen LogP contribution in [0.3, 0.4) is 0 Å². The molecule has 0 saturated carbocycles. The summed E-state index contributed by atoms with van der Waals surface area (Å²) in [5, 5.41) is 7.53. The number of rotatable bonds is 6. The molecule has 172 valence electrons. The Morgan fingerprint density at radius 3 is 2.27 bits per heavy atom. The maximum atomic E-state index is 13.8. The maximum Gasteiger partial charge on any atom is 0.418 e. The molecule has 0 spiro atoms. The summed E-state index contributed by atoms with van der Waals surface area (Å²) in [5.74, 6) is -2.03. The summed E-state index contributed by atoms with van der Waals surface area (Å²) in [6.07, 6.45) is -4.26. The molecule has 3 rings (SSSR count). The quantitative estimate of drug-likeness (QED) is 0.311. The summed E-state index contributed by atoms with van der Waals surface area (Å²) < 4.78 is 67.5. The fraction of sp³-hybridized carbons (Fsp3) is 0.130. The molecule has 0 unspecified atom stereocenters. The van der Waals surface area contributed by atoms with Crippen LogP contribution in [0.1, 0.15) is 21.5 Å². The van der Waals surface area contributed by atoms with Crippen LogP contribution in [-0.2, 0) is 12.6 Å². The molecule has 3 aromatic rings. The number of thiocarbonyl (C=S) groups is 1. The van der Waals surface area contributed by atoms with Crippen molar-refractivity contribution in [1.82, 2.24) is 5.32 Å². The van der Waals surface area contributed by atoms with Gasteiger partial charge in [0.15, 0.2) is 5.11 Å². The summed E-state index contributed by atoms with van der Waals surface area (Å²) in [5.41, 5.74) is -0.990. The normalized spacial score (nSPS) is 11.1. The van der Waals surface area contributed by atoms with Gasteiger partial charge in [-0.2, -0.15) is 13.2 Å². The first-order chi connectivity index (χ1) is 15.6. The molecule has 0 bridgehead atoms. The molecule has 0 aliphatic rings. The first-order valence-corrected chi connectivity index (χ1v) is 10.1. The minimum Gasteiger partial charge on any atom is -0.362 e. The number of carbonyl (C=O) groups is 1. The van der Waals surface area contributed by atoms with Gasteiger partial charge in [-0.15, -0.1) is 0 Å². The van der Waals surface area contributed by atoms with Crippen molar-refractivity contribution in [2.24, 2.45) is 0 Å². The standard InChI is InChI=1S/C23H18F5N3OS/c24-15-7-5-14(6-8-15)11-12-29-22(33)31-20-10-9-16(13-18(20)23(26,27)28)30-21(32)17-3-1-2-4-19(17)25/h1-10,13H,11-12H2,(H,30,32)(H2,29,31,33). The lowest BCUT2D eigenvalue weighted by atomic mass is 10.1. The zero-order valence-corrected chi connectivity index (χ0v) is 17.8. The zero-order valence-electron chi connectivity index (χ0n) is 17.0. The fourth-order valence-corrected chi connectivity index (χ4v) is 3.16. The predicted octanol–water partition coefficient (Wildman–Crippen LogP) is 5.77. The van der Waals surface area contributed by atoms with Crippen molar-refractivity contribution >= 4 is 34.6 Å². The lowest BCUT2D eigenvalue weighted by molar-refractivity contribution is -0.136. The Bertz CT molecular complexity index is 1150. The molecule has 0 radical (unpaired) electrons. The summed E-state index contributed by atoms with van der Waals surface area (Å²) >= 11 is 5.07. The second-order valence-corrected chi connectivity index (χ2v) is 7.36. The highest BCUT2D eigenvalue weighted by Gasteiger charge is 2.34. The zero-order chi connectivity index (χ0) is 24.0. The van der Waals surface area contributed by atoms with Gasteiger partial charge in [-0.3, -0.25) is 4.79 Å². The van der Waals surface area contributed by atoms with Crippen LogP contribution in [0.5, 0.6) is 0 Å². The minimum absolute atomic E-state index is 0.0363. The average Bonchev–Trinajstić information content (AvgIpc) is 2.75. The molecule has 3 aromatic carbocycles. The van der Waals surface area contributed by atoms with Crippen molar-refractivity contribution in [3.05, 3.63) is 95.1 Å². The summed E-state index contributed by atoms with van der Waals surface area (Å²) in [6, 6.07) is 14.1. The van der Waals surface area contributed by atoms with E-state index in [9.17, 15) is 26.7 Å². The Kier molecular flexibility index (Phi) is 7.59. The smallest absolute Gasteiger partial charge is 0.362 e. The Balaban J connectivity index is 1.67. The Hall–Kier alpha value is -3.53. The molecule has 0 aliphatic heterocycles. The molecular formula is C23H18F5N3OS. The van der Waals surface area contributed by atoms with E-state index in [1.807, 2.05) is 0 Å². The molecule has 0 atom stereocenters. The maximum absolute atomic E-state index is 13.8. The number of carbonyl (C=O) groups excluding carboxylic acids is 1. The molecule has 1 amide bonds. The number of halogens is 5. The molecular weight excluding hydrogens is 461 g/mol. The highest BCUT2D eigenvalue weighted by molar-refractivity contribution is 7.80. The van der Waals surface area contributed by atoms with Gasteiger partial charge >= 0.3 is 6.18 Å². The summed E-state index contributed by atoms with van der Waals surface area (Å²) in [6.45, 7) is 0.315. The summed E-state index contributed by atoms with van der Waals surface area (Å²) in [4.78, 5) is 12.2. The Morgan fingerprint density at radius 1 is 0.909 bits per heavy atom. The minimum atomic E-state index is -4.75. The van der Waals surface area contributed by atoms with E-state index >= 15 is 0 Å². The van der Waals surface area contributed by atoms with Gasteiger partial charge in [0.05, 0.1) is 16.8 Å². The molecule has 0 aromatic heterocycles. The van der Waals surface area contributed by atoms with Gasteiger partial charge in [0.25, 0.3) is 5.91 Å². The van der Waals surface area contributed by atoms with E-state index in [0.29, 0.717) is 13.0 Å². The number of nitrogens with one attached hydrogen (secondary N) is 3. The van der Waals surface area contributed by atoms with E-state index in [1.165, 1.54) is 36.4 Å². The molecule has 0 heterocycles. The molecule has 4 nitrogen and oxygen atoms in total. The van der Waals surface area contributed by atoms with Crippen molar-refractivity contribution in [3.8, 4) is 0 Å². The molecule has 33 heavy (non-hydrogen) atoms. The molecule has 3 N–H and O–H groups in total. The number of alkyl halides is 3. The monoisotopic (exact) mass is 479 g/mol.